The molecule has 114 valence electrons. The van der Waals surface area contributed by atoms with Crippen molar-refractivity contribution in [2.24, 2.45) is 0 Å². The molecule has 5 nitrogen and oxygen atoms in total. The zero-order valence-corrected chi connectivity index (χ0v) is 12.1. The Balaban J connectivity index is 2.23. The summed E-state index contributed by atoms with van der Waals surface area (Å²) in [7, 11) is 1.47. The molecular weight excluding hydrogens is 287 g/mol. The third kappa shape index (κ3) is 3.60. The van der Waals surface area contributed by atoms with Crippen LogP contribution in [0.25, 0.3) is 0 Å². The van der Waals surface area contributed by atoms with Crippen LogP contribution in [0.1, 0.15) is 17.3 Å². The number of amides is 2. The normalized spacial score (nSPS) is 9.95. The zero-order valence-electron chi connectivity index (χ0n) is 12.1. The molecule has 2 amide bonds. The number of rotatable bonds is 4. The van der Waals surface area contributed by atoms with Crippen LogP contribution < -0.4 is 15.4 Å². The van der Waals surface area contributed by atoms with Crippen LogP contribution in [0.2, 0.25) is 0 Å². The molecule has 0 aliphatic rings. The van der Waals surface area contributed by atoms with Crippen molar-refractivity contribution in [1.82, 2.24) is 0 Å². The van der Waals surface area contributed by atoms with Crippen LogP contribution in [0.3, 0.4) is 0 Å². The van der Waals surface area contributed by atoms with Crippen molar-refractivity contribution in [1.29, 1.82) is 0 Å². The highest BCUT2D eigenvalue weighted by Gasteiger charge is 2.13. The van der Waals surface area contributed by atoms with E-state index in [9.17, 15) is 14.0 Å². The van der Waals surface area contributed by atoms with Gasteiger partial charge in [0, 0.05) is 12.6 Å². The van der Waals surface area contributed by atoms with Crippen molar-refractivity contribution < 1.29 is 18.7 Å². The van der Waals surface area contributed by atoms with E-state index in [1.165, 1.54) is 32.2 Å². The van der Waals surface area contributed by atoms with Crippen LogP contribution in [0.15, 0.2) is 42.5 Å². The summed E-state index contributed by atoms with van der Waals surface area (Å²) in [6.45, 7) is 1.28. The highest BCUT2D eigenvalue weighted by molar-refractivity contribution is 6.06. The van der Waals surface area contributed by atoms with E-state index in [-0.39, 0.29) is 5.69 Å². The average molecular weight is 302 g/mol. The monoisotopic (exact) mass is 302 g/mol. The largest absolute Gasteiger partial charge is 0.496 e. The molecule has 2 N–H and O–H groups in total. The van der Waals surface area contributed by atoms with Gasteiger partial charge >= 0.3 is 0 Å². The van der Waals surface area contributed by atoms with Crippen LogP contribution in [0.5, 0.6) is 5.75 Å². The molecule has 0 heterocycles. The van der Waals surface area contributed by atoms with Gasteiger partial charge in [-0.25, -0.2) is 4.39 Å². The first-order valence-corrected chi connectivity index (χ1v) is 6.52. The van der Waals surface area contributed by atoms with E-state index in [1.54, 1.807) is 24.3 Å². The standard InChI is InChI=1S/C16H15FN2O3/c1-10(20)18-14-9-11(7-8-13(14)17)19-16(21)12-5-3-4-6-15(12)22-2/h3-9H,1-2H3,(H,18,20)(H,19,21). The van der Waals surface area contributed by atoms with Crippen molar-refractivity contribution in [3.05, 3.63) is 53.8 Å². The van der Waals surface area contributed by atoms with Gasteiger partial charge in [-0.2, -0.15) is 0 Å². The number of halogens is 1. The summed E-state index contributed by atoms with van der Waals surface area (Å²) in [4.78, 5) is 23.3. The second-order valence-electron chi connectivity index (χ2n) is 4.53. The molecule has 0 aliphatic carbocycles. The van der Waals surface area contributed by atoms with E-state index in [0.717, 1.165) is 0 Å². The first kappa shape index (κ1) is 15.5. The van der Waals surface area contributed by atoms with Gasteiger partial charge in [-0.1, -0.05) is 12.1 Å². The number of carbonyl (C=O) groups is 2. The van der Waals surface area contributed by atoms with Crippen LogP contribution in [-0.4, -0.2) is 18.9 Å². The molecule has 22 heavy (non-hydrogen) atoms. The lowest BCUT2D eigenvalue weighted by atomic mass is 10.1. The van der Waals surface area contributed by atoms with E-state index >= 15 is 0 Å². The molecule has 0 saturated heterocycles. The molecule has 0 aliphatic heterocycles. The molecule has 0 fully saturated rings. The zero-order chi connectivity index (χ0) is 16.1. The molecule has 2 rings (SSSR count). The predicted molar refractivity (Wildman–Crippen MR) is 81.7 cm³/mol. The Morgan fingerprint density at radius 2 is 1.82 bits per heavy atom. The Hall–Kier alpha value is -2.89. The number of ether oxygens (including phenoxy) is 1. The highest BCUT2D eigenvalue weighted by Crippen LogP contribution is 2.22. The minimum Gasteiger partial charge on any atom is -0.496 e. The molecule has 0 radical (unpaired) electrons. The van der Waals surface area contributed by atoms with Gasteiger partial charge in [0.1, 0.15) is 11.6 Å². The number of hydrogen-bond acceptors (Lipinski definition) is 3. The van der Waals surface area contributed by atoms with Gasteiger partial charge < -0.3 is 15.4 Å². The second-order valence-corrected chi connectivity index (χ2v) is 4.53. The fourth-order valence-corrected chi connectivity index (χ4v) is 1.92. The van der Waals surface area contributed by atoms with Gasteiger partial charge in [0.2, 0.25) is 5.91 Å². The van der Waals surface area contributed by atoms with Crippen molar-refractivity contribution in [2.75, 3.05) is 17.7 Å². The van der Waals surface area contributed by atoms with Crippen LogP contribution in [-0.2, 0) is 4.79 Å². The molecule has 0 unspecified atom stereocenters. The van der Waals surface area contributed by atoms with Crippen molar-refractivity contribution >= 4 is 23.2 Å². The Morgan fingerprint density at radius 3 is 2.50 bits per heavy atom. The summed E-state index contributed by atoms with van der Waals surface area (Å²) in [5, 5.41) is 5.00. The van der Waals surface area contributed by atoms with Crippen molar-refractivity contribution in [3.63, 3.8) is 0 Å². The first-order chi connectivity index (χ1) is 10.5. The minimum atomic E-state index is -0.578. The molecule has 0 aromatic heterocycles. The van der Waals surface area contributed by atoms with E-state index in [1.807, 2.05) is 0 Å². The van der Waals surface area contributed by atoms with Gasteiger partial charge in [0.05, 0.1) is 18.4 Å². The van der Waals surface area contributed by atoms with E-state index in [0.29, 0.717) is 17.0 Å². The predicted octanol–water partition coefficient (Wildman–Crippen LogP) is 3.05. The van der Waals surface area contributed by atoms with E-state index in [4.69, 9.17) is 4.74 Å². The van der Waals surface area contributed by atoms with Gasteiger partial charge in [0.15, 0.2) is 0 Å². The maximum absolute atomic E-state index is 13.6. The van der Waals surface area contributed by atoms with E-state index < -0.39 is 17.6 Å². The summed E-state index contributed by atoms with van der Waals surface area (Å²) < 4.78 is 18.7. The van der Waals surface area contributed by atoms with Gasteiger partial charge in [-0.05, 0) is 30.3 Å². The number of methoxy groups -OCH3 is 1. The van der Waals surface area contributed by atoms with Gasteiger partial charge in [0.25, 0.3) is 5.91 Å². The first-order valence-electron chi connectivity index (χ1n) is 6.52. The Morgan fingerprint density at radius 1 is 1.09 bits per heavy atom. The number of para-hydroxylation sites is 1. The number of benzene rings is 2. The van der Waals surface area contributed by atoms with Crippen LogP contribution in [0.4, 0.5) is 15.8 Å². The fourth-order valence-electron chi connectivity index (χ4n) is 1.92. The number of nitrogens with one attached hydrogen (secondary N) is 2. The molecule has 2 aromatic carbocycles. The van der Waals surface area contributed by atoms with Gasteiger partial charge in [-0.3, -0.25) is 9.59 Å². The van der Waals surface area contributed by atoms with Crippen LogP contribution >= 0.6 is 0 Å². The fraction of sp³-hybridized carbons (Fsp3) is 0.125. The molecule has 0 bridgehead atoms. The summed E-state index contributed by atoms with van der Waals surface area (Å²) in [5.74, 6) is -0.931. The maximum Gasteiger partial charge on any atom is 0.259 e. The summed E-state index contributed by atoms with van der Waals surface area (Å²) in [6, 6.07) is 10.7. The summed E-state index contributed by atoms with van der Waals surface area (Å²) >= 11 is 0. The number of anilines is 2. The van der Waals surface area contributed by atoms with E-state index in [2.05, 4.69) is 10.6 Å². The van der Waals surface area contributed by atoms with Crippen molar-refractivity contribution in [3.8, 4) is 5.75 Å². The second kappa shape index (κ2) is 6.71. The SMILES string of the molecule is COc1ccccc1C(=O)Nc1ccc(F)c(NC(C)=O)c1. The molecule has 0 saturated carbocycles. The molecule has 2 aromatic rings. The molecular formula is C16H15FN2O3. The Labute approximate surface area is 127 Å². The minimum absolute atomic E-state index is 0.00493. The highest BCUT2D eigenvalue weighted by atomic mass is 19.1. The molecule has 0 spiro atoms. The third-order valence-corrected chi connectivity index (χ3v) is 2.89. The van der Waals surface area contributed by atoms with Gasteiger partial charge in [-0.15, -0.1) is 0 Å². The number of carbonyl (C=O) groups excluding carboxylic acids is 2. The van der Waals surface area contributed by atoms with Crippen LogP contribution in [0, 0.1) is 5.82 Å². The summed E-state index contributed by atoms with van der Waals surface area (Å²) in [5.41, 5.74) is 0.724. The Bertz CT molecular complexity index is 716. The Kier molecular flexibility index (Phi) is 4.73. The average Bonchev–Trinajstić information content (AvgIpc) is 2.50. The smallest absolute Gasteiger partial charge is 0.259 e. The lowest BCUT2D eigenvalue weighted by molar-refractivity contribution is -0.114. The topological polar surface area (TPSA) is 67.4 Å². The lowest BCUT2D eigenvalue weighted by Crippen LogP contribution is -2.14. The molecule has 6 heteroatoms. The van der Waals surface area contributed by atoms with Crippen molar-refractivity contribution in [2.45, 2.75) is 6.92 Å². The summed E-state index contributed by atoms with van der Waals surface area (Å²) in [6.07, 6.45) is 0. The molecule has 0 atom stereocenters. The maximum atomic E-state index is 13.6. The third-order valence-electron chi connectivity index (χ3n) is 2.89. The lowest BCUT2D eigenvalue weighted by Gasteiger charge is -2.11. The quantitative estimate of drug-likeness (QED) is 0.912. The number of hydrogen-bond donors (Lipinski definition) is 2.